The lowest BCUT2D eigenvalue weighted by molar-refractivity contribution is -0.109. The van der Waals surface area contributed by atoms with Crippen molar-refractivity contribution < 1.29 is 4.74 Å². The topological polar surface area (TPSA) is 21.3 Å². The molecule has 120 valence electrons. The summed E-state index contributed by atoms with van der Waals surface area (Å²) >= 11 is 0. The van der Waals surface area contributed by atoms with E-state index in [0.29, 0.717) is 11.5 Å². The van der Waals surface area contributed by atoms with Crippen LogP contribution in [0.25, 0.3) is 0 Å². The summed E-state index contributed by atoms with van der Waals surface area (Å²) in [4.78, 5) is 0. The molecule has 0 spiro atoms. The zero-order valence-electron chi connectivity index (χ0n) is 14.7. The zero-order valence-corrected chi connectivity index (χ0v) is 14.7. The molecule has 1 fully saturated rings. The molecule has 0 radical (unpaired) electrons. The minimum atomic E-state index is 0.0731. The van der Waals surface area contributed by atoms with Crippen molar-refractivity contribution in [1.29, 1.82) is 0 Å². The second kappa shape index (κ2) is 7.79. The average Bonchev–Trinajstić information content (AvgIpc) is 2.37. The van der Waals surface area contributed by atoms with Crippen molar-refractivity contribution in [1.82, 2.24) is 5.32 Å². The lowest BCUT2D eigenvalue weighted by Crippen LogP contribution is -2.55. The Labute approximate surface area is 127 Å². The molecule has 1 aliphatic carbocycles. The molecule has 0 aromatic rings. The summed E-state index contributed by atoms with van der Waals surface area (Å²) < 4.78 is 6.36. The fourth-order valence-electron chi connectivity index (χ4n) is 3.50. The van der Waals surface area contributed by atoms with Gasteiger partial charge in [0.2, 0.25) is 0 Å². The minimum Gasteiger partial charge on any atom is -0.374 e. The number of hydrogen-bond donors (Lipinski definition) is 1. The minimum absolute atomic E-state index is 0.0731. The first-order valence-corrected chi connectivity index (χ1v) is 8.72. The van der Waals surface area contributed by atoms with Gasteiger partial charge < -0.3 is 10.1 Å². The Morgan fingerprint density at radius 3 is 2.10 bits per heavy atom. The summed E-state index contributed by atoms with van der Waals surface area (Å²) in [6.07, 6.45) is 7.41. The van der Waals surface area contributed by atoms with Gasteiger partial charge in [-0.05, 0) is 63.3 Å². The van der Waals surface area contributed by atoms with Crippen molar-refractivity contribution in [3.05, 3.63) is 0 Å². The molecule has 1 aliphatic rings. The van der Waals surface area contributed by atoms with Crippen LogP contribution in [0.1, 0.15) is 80.1 Å². The summed E-state index contributed by atoms with van der Waals surface area (Å²) in [5, 5.41) is 3.80. The number of hydrogen-bond acceptors (Lipinski definition) is 2. The van der Waals surface area contributed by atoms with Gasteiger partial charge in [0.25, 0.3) is 0 Å². The fraction of sp³-hybridized carbons (Fsp3) is 1.00. The van der Waals surface area contributed by atoms with E-state index in [1.807, 2.05) is 0 Å². The first kappa shape index (κ1) is 18.0. The van der Waals surface area contributed by atoms with Gasteiger partial charge in [0.1, 0.15) is 0 Å². The van der Waals surface area contributed by atoms with Gasteiger partial charge in [-0.25, -0.2) is 0 Å². The van der Waals surface area contributed by atoms with Crippen molar-refractivity contribution in [2.24, 2.45) is 11.3 Å². The van der Waals surface area contributed by atoms with Crippen LogP contribution < -0.4 is 5.32 Å². The van der Waals surface area contributed by atoms with Gasteiger partial charge in [0.15, 0.2) is 0 Å². The lowest BCUT2D eigenvalue weighted by atomic mass is 9.67. The van der Waals surface area contributed by atoms with Crippen LogP contribution in [0.4, 0.5) is 0 Å². The molecule has 1 rings (SSSR count). The summed E-state index contributed by atoms with van der Waals surface area (Å²) in [7, 11) is 0. The van der Waals surface area contributed by atoms with Crippen LogP contribution in [0.5, 0.6) is 0 Å². The Kier molecular flexibility index (Phi) is 7.00. The zero-order chi connectivity index (χ0) is 15.2. The Hall–Kier alpha value is -0.0800. The summed E-state index contributed by atoms with van der Waals surface area (Å²) in [5.74, 6) is 0.719. The highest BCUT2D eigenvalue weighted by Gasteiger charge is 2.44. The molecule has 0 amide bonds. The van der Waals surface area contributed by atoms with Gasteiger partial charge in [-0.1, -0.05) is 34.6 Å². The fourth-order valence-corrected chi connectivity index (χ4v) is 3.50. The molecule has 0 bridgehead atoms. The van der Waals surface area contributed by atoms with E-state index in [9.17, 15) is 0 Å². The summed E-state index contributed by atoms with van der Waals surface area (Å²) in [5.41, 5.74) is 0.567. The molecule has 0 heterocycles. The number of ether oxygens (including phenoxy) is 1. The van der Waals surface area contributed by atoms with E-state index in [4.69, 9.17) is 4.74 Å². The van der Waals surface area contributed by atoms with Gasteiger partial charge >= 0.3 is 0 Å². The van der Waals surface area contributed by atoms with Crippen molar-refractivity contribution in [2.75, 3.05) is 13.2 Å². The van der Waals surface area contributed by atoms with E-state index in [2.05, 4.69) is 46.9 Å². The molecule has 1 N–H and O–H groups in total. The molecule has 1 atom stereocenters. The second-order valence-corrected chi connectivity index (χ2v) is 7.80. The molecule has 0 aromatic heterocycles. The quantitative estimate of drug-likeness (QED) is 0.692. The standard InChI is InChI=1S/C18H37NO/c1-7-13-19-16(14-15(3)4)18(20-8-2)11-9-17(5,6)10-12-18/h15-16,19H,7-14H2,1-6H3. The highest BCUT2D eigenvalue weighted by Crippen LogP contribution is 2.44. The van der Waals surface area contributed by atoms with E-state index in [1.165, 1.54) is 38.5 Å². The van der Waals surface area contributed by atoms with Crippen molar-refractivity contribution >= 4 is 0 Å². The van der Waals surface area contributed by atoms with Crippen molar-refractivity contribution in [3.8, 4) is 0 Å². The molecule has 2 heteroatoms. The van der Waals surface area contributed by atoms with Crippen LogP contribution in [0.3, 0.4) is 0 Å². The third-order valence-electron chi connectivity index (χ3n) is 4.86. The van der Waals surface area contributed by atoms with E-state index in [1.54, 1.807) is 0 Å². The lowest BCUT2D eigenvalue weighted by Gasteiger charge is -2.48. The van der Waals surface area contributed by atoms with Crippen molar-refractivity contribution in [3.63, 3.8) is 0 Å². The average molecular weight is 284 g/mol. The van der Waals surface area contributed by atoms with Crippen LogP contribution in [0.15, 0.2) is 0 Å². The molecule has 0 aliphatic heterocycles. The third kappa shape index (κ3) is 5.04. The Morgan fingerprint density at radius 1 is 1.05 bits per heavy atom. The van der Waals surface area contributed by atoms with Crippen LogP contribution in [0, 0.1) is 11.3 Å². The first-order chi connectivity index (χ1) is 9.35. The largest absolute Gasteiger partial charge is 0.374 e. The summed E-state index contributed by atoms with van der Waals surface area (Å²) in [6, 6.07) is 0.512. The van der Waals surface area contributed by atoms with Crippen molar-refractivity contribution in [2.45, 2.75) is 91.7 Å². The first-order valence-electron chi connectivity index (χ1n) is 8.72. The predicted molar refractivity (Wildman–Crippen MR) is 88.1 cm³/mol. The SMILES string of the molecule is CCCNC(CC(C)C)C1(OCC)CCC(C)(C)CC1. The highest BCUT2D eigenvalue weighted by atomic mass is 16.5. The van der Waals surface area contributed by atoms with Crippen LogP contribution >= 0.6 is 0 Å². The third-order valence-corrected chi connectivity index (χ3v) is 4.86. The van der Waals surface area contributed by atoms with E-state index in [-0.39, 0.29) is 5.60 Å². The van der Waals surface area contributed by atoms with Crippen LogP contribution in [-0.2, 0) is 4.74 Å². The maximum atomic E-state index is 6.36. The highest BCUT2D eigenvalue weighted by molar-refractivity contribution is 4.99. The molecular weight excluding hydrogens is 246 g/mol. The Morgan fingerprint density at radius 2 is 1.65 bits per heavy atom. The molecule has 20 heavy (non-hydrogen) atoms. The molecule has 1 unspecified atom stereocenters. The molecular formula is C18H37NO. The predicted octanol–water partition coefficient (Wildman–Crippen LogP) is 4.78. The summed E-state index contributed by atoms with van der Waals surface area (Å²) in [6.45, 7) is 15.8. The van der Waals surface area contributed by atoms with Crippen LogP contribution in [-0.4, -0.2) is 24.8 Å². The Bertz CT molecular complexity index is 263. The van der Waals surface area contributed by atoms with Gasteiger partial charge in [0.05, 0.1) is 5.60 Å². The Balaban J connectivity index is 2.83. The molecule has 1 saturated carbocycles. The van der Waals surface area contributed by atoms with Gasteiger partial charge in [0, 0.05) is 12.6 Å². The van der Waals surface area contributed by atoms with Gasteiger partial charge in [-0.15, -0.1) is 0 Å². The normalized spacial score (nSPS) is 22.9. The smallest absolute Gasteiger partial charge is 0.0835 e. The second-order valence-electron chi connectivity index (χ2n) is 7.80. The van der Waals surface area contributed by atoms with E-state index >= 15 is 0 Å². The molecule has 0 aromatic carbocycles. The van der Waals surface area contributed by atoms with Gasteiger partial charge in [-0.2, -0.15) is 0 Å². The van der Waals surface area contributed by atoms with Crippen LogP contribution in [0.2, 0.25) is 0 Å². The maximum absolute atomic E-state index is 6.36. The molecule has 2 nitrogen and oxygen atoms in total. The van der Waals surface area contributed by atoms with E-state index in [0.717, 1.165) is 19.1 Å². The number of nitrogens with one attached hydrogen (secondary N) is 1. The molecule has 0 saturated heterocycles. The monoisotopic (exact) mass is 283 g/mol. The van der Waals surface area contributed by atoms with Gasteiger partial charge in [-0.3, -0.25) is 0 Å². The van der Waals surface area contributed by atoms with E-state index < -0.39 is 0 Å². The maximum Gasteiger partial charge on any atom is 0.0835 e. The number of rotatable bonds is 8.